The summed E-state index contributed by atoms with van der Waals surface area (Å²) in [5, 5.41) is 2.32. The number of carbonyl (C=O) groups excluding carboxylic acids is 1. The second-order valence-corrected chi connectivity index (χ2v) is 12.9. The molecule has 35 heavy (non-hydrogen) atoms. The Balaban J connectivity index is 2.05. The van der Waals surface area contributed by atoms with Gasteiger partial charge in [-0.2, -0.15) is 21.6 Å². The number of fused-ring (bicyclic) bond motifs is 1. The minimum atomic E-state index is -6.04. The maximum Gasteiger partial charge on any atom is 0.534 e. The molecule has 1 amide bonds. The van der Waals surface area contributed by atoms with Crippen molar-refractivity contribution in [2.75, 3.05) is 12.8 Å². The number of halogens is 4. The molecule has 1 N–H and O–H groups in total. The zero-order valence-electron chi connectivity index (χ0n) is 18.5. The Morgan fingerprint density at radius 2 is 1.89 bits per heavy atom. The Morgan fingerprint density at radius 1 is 1.26 bits per heavy atom. The van der Waals surface area contributed by atoms with Crippen molar-refractivity contribution in [3.63, 3.8) is 0 Å². The van der Waals surface area contributed by atoms with Crippen LogP contribution in [-0.4, -0.2) is 57.1 Å². The second-order valence-electron chi connectivity index (χ2n) is 8.26. The van der Waals surface area contributed by atoms with Crippen LogP contribution in [0.15, 0.2) is 23.2 Å². The standard InChI is InChI=1S/C18H19F4N3O7S3/c1-17(2,3)31-16(26)24-15-23-10(8-34(27,28)25(15)4)14-12(19)9-6-5-7-11(13(9)33-14)32-35(29,30)18(20,21)22/h5-7,10H,8H2,1-4H3,(H,23,24,26). The smallest absolute Gasteiger partial charge is 0.442 e. The molecule has 1 aliphatic heterocycles. The van der Waals surface area contributed by atoms with E-state index in [4.69, 9.17) is 4.74 Å². The molecule has 0 saturated carbocycles. The maximum absolute atomic E-state index is 15.2. The van der Waals surface area contributed by atoms with Crippen molar-refractivity contribution in [1.29, 1.82) is 0 Å². The fraction of sp³-hybridized carbons (Fsp3) is 0.444. The molecule has 1 aliphatic rings. The van der Waals surface area contributed by atoms with Crippen molar-refractivity contribution in [3.05, 3.63) is 28.9 Å². The van der Waals surface area contributed by atoms with Gasteiger partial charge in [0, 0.05) is 12.4 Å². The van der Waals surface area contributed by atoms with Gasteiger partial charge in [0.05, 0.1) is 21.4 Å². The van der Waals surface area contributed by atoms with E-state index < -0.39 is 66.7 Å². The molecule has 10 nitrogen and oxygen atoms in total. The first-order chi connectivity index (χ1) is 15.8. The predicted octanol–water partition coefficient (Wildman–Crippen LogP) is 3.47. The number of ether oxygens (including phenoxy) is 1. The van der Waals surface area contributed by atoms with Gasteiger partial charge >= 0.3 is 21.7 Å². The molecule has 0 spiro atoms. The summed E-state index contributed by atoms with van der Waals surface area (Å²) in [5.41, 5.74) is -6.65. The number of benzene rings is 1. The van der Waals surface area contributed by atoms with E-state index in [1.807, 2.05) is 0 Å². The number of carbonyl (C=O) groups is 1. The van der Waals surface area contributed by atoms with E-state index in [2.05, 4.69) is 14.5 Å². The van der Waals surface area contributed by atoms with E-state index >= 15 is 4.39 Å². The summed E-state index contributed by atoms with van der Waals surface area (Å²) < 4.78 is 111. The van der Waals surface area contributed by atoms with Crippen LogP contribution in [0.4, 0.5) is 22.4 Å². The van der Waals surface area contributed by atoms with Crippen LogP contribution in [0.25, 0.3) is 10.1 Å². The maximum atomic E-state index is 15.2. The van der Waals surface area contributed by atoms with Crippen LogP contribution in [0.5, 0.6) is 5.75 Å². The van der Waals surface area contributed by atoms with Gasteiger partial charge < -0.3 is 14.2 Å². The zero-order chi connectivity index (χ0) is 26.6. The number of nitrogens with zero attached hydrogens (tertiary/aromatic N) is 2. The molecular weight excluding hydrogens is 542 g/mol. The SMILES string of the molecule is CN1C(=NC(=O)OC(C)(C)C)NC(c2sc3c(OS(=O)(=O)C(F)(F)F)cccc3c2F)CS1(=O)=O. The zero-order valence-corrected chi connectivity index (χ0v) is 21.0. The Hall–Kier alpha value is -2.66. The minimum Gasteiger partial charge on any atom is -0.442 e. The lowest BCUT2D eigenvalue weighted by Crippen LogP contribution is -2.52. The van der Waals surface area contributed by atoms with Crippen LogP contribution < -0.4 is 9.50 Å². The number of aliphatic imine (C=N–C) groups is 1. The van der Waals surface area contributed by atoms with E-state index in [1.165, 1.54) is 0 Å². The Labute approximate surface area is 201 Å². The van der Waals surface area contributed by atoms with Crippen molar-refractivity contribution in [2.24, 2.45) is 4.99 Å². The molecule has 0 bridgehead atoms. The number of thiophene rings is 1. The van der Waals surface area contributed by atoms with Crippen LogP contribution in [0.2, 0.25) is 0 Å². The lowest BCUT2D eigenvalue weighted by atomic mass is 10.2. The molecule has 2 aromatic rings. The molecule has 2 heterocycles. The first-order valence-electron chi connectivity index (χ1n) is 9.59. The number of hydrogen-bond donors (Lipinski definition) is 1. The van der Waals surface area contributed by atoms with Gasteiger partial charge in [0.2, 0.25) is 16.0 Å². The summed E-state index contributed by atoms with van der Waals surface area (Å²) in [6.45, 7) is 4.69. The van der Waals surface area contributed by atoms with Gasteiger partial charge in [0.25, 0.3) is 0 Å². The fourth-order valence-electron chi connectivity index (χ4n) is 2.89. The van der Waals surface area contributed by atoms with Crippen molar-refractivity contribution in [1.82, 2.24) is 9.62 Å². The van der Waals surface area contributed by atoms with Gasteiger partial charge in [-0.1, -0.05) is 12.1 Å². The molecule has 1 saturated heterocycles. The molecule has 17 heteroatoms. The molecule has 1 fully saturated rings. The summed E-state index contributed by atoms with van der Waals surface area (Å²) in [6, 6.07) is 1.83. The van der Waals surface area contributed by atoms with Crippen LogP contribution in [-0.2, 0) is 24.9 Å². The first-order valence-corrected chi connectivity index (χ1v) is 13.4. The quantitative estimate of drug-likeness (QED) is 0.343. The van der Waals surface area contributed by atoms with Gasteiger partial charge in [-0.05, 0) is 26.8 Å². The third-order valence-corrected chi connectivity index (χ3v) is 8.47. The van der Waals surface area contributed by atoms with E-state index in [0.29, 0.717) is 15.6 Å². The van der Waals surface area contributed by atoms with E-state index in [1.54, 1.807) is 20.8 Å². The summed E-state index contributed by atoms with van der Waals surface area (Å²) in [7, 11) is -9.04. The largest absolute Gasteiger partial charge is 0.534 e. The van der Waals surface area contributed by atoms with Gasteiger partial charge in [-0.25, -0.2) is 21.9 Å². The first kappa shape index (κ1) is 26.9. The van der Waals surface area contributed by atoms with E-state index in [-0.39, 0.29) is 15.0 Å². The van der Waals surface area contributed by atoms with Crippen molar-refractivity contribution in [3.8, 4) is 5.75 Å². The third kappa shape index (κ3) is 5.61. The number of amides is 1. The molecule has 1 aromatic heterocycles. The molecule has 1 atom stereocenters. The van der Waals surface area contributed by atoms with E-state index in [9.17, 15) is 34.8 Å². The summed E-state index contributed by atoms with van der Waals surface area (Å²) >= 11 is 0.493. The Morgan fingerprint density at radius 3 is 2.46 bits per heavy atom. The lowest BCUT2D eigenvalue weighted by molar-refractivity contribution is -0.0499. The van der Waals surface area contributed by atoms with Gasteiger partial charge in [-0.3, -0.25) is 0 Å². The van der Waals surface area contributed by atoms with Crippen LogP contribution in [0.1, 0.15) is 31.7 Å². The van der Waals surface area contributed by atoms with Crippen molar-refractivity contribution in [2.45, 2.75) is 37.9 Å². The van der Waals surface area contributed by atoms with E-state index in [0.717, 1.165) is 25.2 Å². The highest BCUT2D eigenvalue weighted by Crippen LogP contribution is 2.41. The van der Waals surface area contributed by atoms with Crippen LogP contribution in [0.3, 0.4) is 0 Å². The summed E-state index contributed by atoms with van der Waals surface area (Å²) in [5.74, 6) is -2.96. The molecule has 1 unspecified atom stereocenters. The highest BCUT2D eigenvalue weighted by Gasteiger charge is 2.49. The number of rotatable bonds is 3. The van der Waals surface area contributed by atoms with Crippen LogP contribution >= 0.6 is 11.3 Å². The molecule has 3 rings (SSSR count). The highest BCUT2D eigenvalue weighted by atomic mass is 32.2. The number of alkyl halides is 3. The molecule has 0 aliphatic carbocycles. The Bertz CT molecular complexity index is 1410. The number of sulfonamides is 1. The van der Waals surface area contributed by atoms with Gasteiger partial charge in [0.1, 0.15) is 11.4 Å². The minimum absolute atomic E-state index is 0.283. The molecular formula is C18H19F4N3O7S3. The molecule has 0 radical (unpaired) electrons. The van der Waals surface area contributed by atoms with Crippen LogP contribution in [0, 0.1) is 5.82 Å². The van der Waals surface area contributed by atoms with Gasteiger partial charge in [-0.15, -0.1) is 16.3 Å². The average Bonchev–Trinajstić information content (AvgIpc) is 3.00. The fourth-order valence-corrected chi connectivity index (χ4v) is 5.96. The summed E-state index contributed by atoms with van der Waals surface area (Å²) in [4.78, 5) is 15.4. The molecule has 194 valence electrons. The van der Waals surface area contributed by atoms with Crippen molar-refractivity contribution >= 4 is 53.6 Å². The average molecular weight is 562 g/mol. The number of guanidine groups is 1. The Kier molecular flexibility index (Phi) is 6.75. The summed E-state index contributed by atoms with van der Waals surface area (Å²) in [6.07, 6.45) is -1.12. The second kappa shape index (κ2) is 8.77. The normalized spacial score (nSPS) is 20.1. The monoisotopic (exact) mass is 561 g/mol. The number of nitrogens with one attached hydrogen (secondary N) is 1. The predicted molar refractivity (Wildman–Crippen MR) is 118 cm³/mol. The van der Waals surface area contributed by atoms with Gasteiger partial charge in [0.15, 0.2) is 5.75 Å². The molecule has 1 aromatic carbocycles. The lowest BCUT2D eigenvalue weighted by Gasteiger charge is -2.32. The third-order valence-electron chi connectivity index (χ3n) is 4.43. The van der Waals surface area contributed by atoms with Crippen molar-refractivity contribution < 1.29 is 48.1 Å². The topological polar surface area (TPSA) is 131 Å². The highest BCUT2D eigenvalue weighted by molar-refractivity contribution is 7.89. The number of hydrogen-bond acceptors (Lipinski definition) is 8.